The number of hydrogen-bond acceptors (Lipinski definition) is 5. The first kappa shape index (κ1) is 16.0. The standard InChI is InChI=1S/C17H26O5/c1-5-20-16-17(4)8-11-10(3)15(19)21-13(11)6-9(2)12(17)7-14(18)22-16/h9,11-14,16,18H,3,5-8H2,1-2,4H3/t9-,11-,12-,13+,14+,16+,17+/m0/s1. The number of carbonyl (C=O) groups excluding carboxylic acids is 1. The molecule has 0 unspecified atom stereocenters. The Morgan fingerprint density at radius 1 is 1.45 bits per heavy atom. The van der Waals surface area contributed by atoms with Gasteiger partial charge in [-0.05, 0) is 31.6 Å². The molecule has 2 aliphatic heterocycles. The molecule has 2 heterocycles. The van der Waals surface area contributed by atoms with E-state index >= 15 is 0 Å². The molecule has 3 aliphatic rings. The molecule has 0 aromatic heterocycles. The third-order valence-electron chi connectivity index (χ3n) is 5.81. The Kier molecular flexibility index (Phi) is 4.08. The van der Waals surface area contributed by atoms with Crippen molar-refractivity contribution in [2.45, 2.75) is 58.7 Å². The number of ether oxygens (including phenoxy) is 3. The van der Waals surface area contributed by atoms with Crippen molar-refractivity contribution in [2.75, 3.05) is 6.61 Å². The van der Waals surface area contributed by atoms with Crippen LogP contribution in [0.2, 0.25) is 0 Å². The first-order valence-corrected chi connectivity index (χ1v) is 8.21. The van der Waals surface area contributed by atoms with E-state index in [9.17, 15) is 9.90 Å². The summed E-state index contributed by atoms with van der Waals surface area (Å²) in [6.45, 7) is 10.7. The zero-order valence-corrected chi connectivity index (χ0v) is 13.6. The number of fused-ring (bicyclic) bond motifs is 2. The first-order chi connectivity index (χ1) is 10.4. The van der Waals surface area contributed by atoms with Crippen LogP contribution in [-0.2, 0) is 19.0 Å². The molecule has 0 aromatic rings. The van der Waals surface area contributed by atoms with Crippen LogP contribution in [-0.4, -0.2) is 36.4 Å². The molecule has 0 radical (unpaired) electrons. The zero-order valence-electron chi connectivity index (χ0n) is 13.6. The second-order valence-corrected chi connectivity index (χ2v) is 7.22. The Labute approximate surface area is 131 Å². The summed E-state index contributed by atoms with van der Waals surface area (Å²) in [4.78, 5) is 11.9. The number of esters is 1. The Hall–Kier alpha value is -0.910. The molecule has 5 heteroatoms. The fourth-order valence-corrected chi connectivity index (χ4v) is 4.67. The lowest BCUT2D eigenvalue weighted by Gasteiger charge is -2.49. The van der Waals surface area contributed by atoms with E-state index in [0.29, 0.717) is 24.5 Å². The molecular formula is C17H26O5. The molecule has 124 valence electrons. The summed E-state index contributed by atoms with van der Waals surface area (Å²) in [6, 6.07) is 0. The minimum Gasteiger partial charge on any atom is -0.458 e. The number of aliphatic hydroxyl groups is 1. The summed E-state index contributed by atoms with van der Waals surface area (Å²) in [5.41, 5.74) is 0.311. The molecular weight excluding hydrogens is 284 g/mol. The number of rotatable bonds is 2. The molecule has 1 N–H and O–H groups in total. The van der Waals surface area contributed by atoms with Crippen LogP contribution in [0.1, 0.15) is 40.0 Å². The zero-order chi connectivity index (χ0) is 16.1. The van der Waals surface area contributed by atoms with Crippen LogP contribution in [0.5, 0.6) is 0 Å². The molecule has 0 spiro atoms. The minimum atomic E-state index is -0.791. The van der Waals surface area contributed by atoms with E-state index in [0.717, 1.165) is 12.8 Å². The van der Waals surface area contributed by atoms with Gasteiger partial charge in [-0.3, -0.25) is 0 Å². The summed E-state index contributed by atoms with van der Waals surface area (Å²) < 4.78 is 17.0. The SMILES string of the molecule is C=C1C(=O)O[C@@H]2C[C@H](C)[C@@H]3C[C@H](O)O[C@@H](OCC)[C@]3(C)C[C@@H]12. The molecule has 1 saturated carbocycles. The van der Waals surface area contributed by atoms with E-state index in [1.165, 1.54) is 0 Å². The highest BCUT2D eigenvalue weighted by Gasteiger charge is 2.56. The third kappa shape index (κ3) is 2.39. The van der Waals surface area contributed by atoms with Crippen LogP contribution in [0.4, 0.5) is 0 Å². The summed E-state index contributed by atoms with van der Waals surface area (Å²) in [6.07, 6.45) is 0.797. The monoisotopic (exact) mass is 310 g/mol. The van der Waals surface area contributed by atoms with Gasteiger partial charge in [-0.25, -0.2) is 4.79 Å². The summed E-state index contributed by atoms with van der Waals surface area (Å²) in [5, 5.41) is 10.1. The second-order valence-electron chi connectivity index (χ2n) is 7.22. The maximum atomic E-state index is 11.9. The van der Waals surface area contributed by atoms with Crippen LogP contribution in [0, 0.1) is 23.2 Å². The van der Waals surface area contributed by atoms with Gasteiger partial charge in [0, 0.05) is 29.9 Å². The molecule has 3 rings (SSSR count). The molecule has 5 nitrogen and oxygen atoms in total. The van der Waals surface area contributed by atoms with Crippen LogP contribution in [0.25, 0.3) is 0 Å². The van der Waals surface area contributed by atoms with Crippen LogP contribution >= 0.6 is 0 Å². The lowest BCUT2D eigenvalue weighted by molar-refractivity contribution is -0.318. The van der Waals surface area contributed by atoms with Crippen molar-refractivity contribution in [3.8, 4) is 0 Å². The van der Waals surface area contributed by atoms with Crippen molar-refractivity contribution >= 4 is 5.97 Å². The fraction of sp³-hybridized carbons (Fsp3) is 0.824. The fourth-order valence-electron chi connectivity index (χ4n) is 4.67. The van der Waals surface area contributed by atoms with Gasteiger partial charge in [-0.15, -0.1) is 0 Å². The first-order valence-electron chi connectivity index (χ1n) is 8.21. The van der Waals surface area contributed by atoms with E-state index in [1.54, 1.807) is 0 Å². The van der Waals surface area contributed by atoms with Crippen molar-refractivity contribution in [3.05, 3.63) is 12.2 Å². The van der Waals surface area contributed by atoms with Gasteiger partial charge in [0.25, 0.3) is 0 Å². The van der Waals surface area contributed by atoms with Crippen molar-refractivity contribution in [1.29, 1.82) is 0 Å². The lowest BCUT2D eigenvalue weighted by Crippen LogP contribution is -2.52. The van der Waals surface area contributed by atoms with E-state index in [2.05, 4.69) is 20.4 Å². The van der Waals surface area contributed by atoms with E-state index < -0.39 is 12.6 Å². The van der Waals surface area contributed by atoms with Crippen molar-refractivity contribution in [1.82, 2.24) is 0 Å². The molecule has 22 heavy (non-hydrogen) atoms. The highest BCUT2D eigenvalue weighted by molar-refractivity contribution is 5.90. The maximum absolute atomic E-state index is 11.9. The highest BCUT2D eigenvalue weighted by Crippen LogP contribution is 2.55. The number of hydrogen-bond donors (Lipinski definition) is 1. The van der Waals surface area contributed by atoms with E-state index in [-0.39, 0.29) is 29.3 Å². The number of aliphatic hydroxyl groups excluding tert-OH is 1. The average molecular weight is 310 g/mol. The second kappa shape index (κ2) is 5.62. The summed E-state index contributed by atoms with van der Waals surface area (Å²) >= 11 is 0. The van der Waals surface area contributed by atoms with Gasteiger partial charge in [-0.1, -0.05) is 20.4 Å². The quantitative estimate of drug-likeness (QED) is 0.626. The van der Waals surface area contributed by atoms with E-state index in [4.69, 9.17) is 14.2 Å². The average Bonchev–Trinajstić information content (AvgIpc) is 2.64. The predicted octanol–water partition coefficient (Wildman–Crippen LogP) is 2.24. The topological polar surface area (TPSA) is 65.0 Å². The van der Waals surface area contributed by atoms with Crippen molar-refractivity contribution in [3.63, 3.8) is 0 Å². The summed E-state index contributed by atoms with van der Waals surface area (Å²) in [7, 11) is 0. The van der Waals surface area contributed by atoms with Crippen molar-refractivity contribution in [2.24, 2.45) is 23.2 Å². The molecule has 3 fully saturated rings. The molecule has 0 amide bonds. The smallest absolute Gasteiger partial charge is 0.334 e. The Morgan fingerprint density at radius 2 is 2.18 bits per heavy atom. The van der Waals surface area contributed by atoms with Gasteiger partial charge < -0.3 is 19.3 Å². The molecule has 1 aliphatic carbocycles. The Balaban J connectivity index is 1.95. The van der Waals surface area contributed by atoms with Gasteiger partial charge >= 0.3 is 5.97 Å². The molecule has 0 aromatic carbocycles. The maximum Gasteiger partial charge on any atom is 0.334 e. The van der Waals surface area contributed by atoms with Crippen LogP contribution < -0.4 is 0 Å². The highest BCUT2D eigenvalue weighted by atomic mass is 16.7. The number of carbonyl (C=O) groups is 1. The Bertz CT molecular complexity index is 476. The van der Waals surface area contributed by atoms with Gasteiger partial charge in [0.2, 0.25) is 0 Å². The Morgan fingerprint density at radius 3 is 2.86 bits per heavy atom. The normalized spacial score (nSPS) is 48.4. The third-order valence-corrected chi connectivity index (χ3v) is 5.81. The van der Waals surface area contributed by atoms with Crippen molar-refractivity contribution < 1.29 is 24.1 Å². The van der Waals surface area contributed by atoms with Gasteiger partial charge in [0.05, 0.1) is 0 Å². The minimum absolute atomic E-state index is 0.0201. The van der Waals surface area contributed by atoms with Gasteiger partial charge in [0.1, 0.15) is 6.10 Å². The molecule has 7 atom stereocenters. The van der Waals surface area contributed by atoms with Crippen LogP contribution in [0.3, 0.4) is 0 Å². The predicted molar refractivity (Wildman–Crippen MR) is 79.6 cm³/mol. The molecule has 0 bridgehead atoms. The molecule has 2 saturated heterocycles. The van der Waals surface area contributed by atoms with Gasteiger partial charge in [0.15, 0.2) is 12.6 Å². The van der Waals surface area contributed by atoms with Gasteiger partial charge in [-0.2, -0.15) is 0 Å². The lowest BCUT2D eigenvalue weighted by atomic mass is 9.65. The van der Waals surface area contributed by atoms with Crippen LogP contribution in [0.15, 0.2) is 12.2 Å². The summed E-state index contributed by atoms with van der Waals surface area (Å²) in [5.74, 6) is 0.339. The van der Waals surface area contributed by atoms with E-state index in [1.807, 2.05) is 6.92 Å². The largest absolute Gasteiger partial charge is 0.458 e.